The van der Waals surface area contributed by atoms with Gasteiger partial charge in [0.1, 0.15) is 23.7 Å². The lowest BCUT2D eigenvalue weighted by Gasteiger charge is -2.26. The van der Waals surface area contributed by atoms with Crippen molar-refractivity contribution in [1.29, 1.82) is 0 Å². The van der Waals surface area contributed by atoms with Gasteiger partial charge in [0.15, 0.2) is 0 Å². The average molecular weight is 346 g/mol. The maximum Gasteiger partial charge on any atom is 0.148 e. The minimum atomic E-state index is -1.21. The highest BCUT2D eigenvalue weighted by atomic mass is 35.5. The summed E-state index contributed by atoms with van der Waals surface area (Å²) in [6.45, 7) is 1.41. The first-order valence-corrected chi connectivity index (χ1v) is 8.36. The zero-order valence-corrected chi connectivity index (χ0v) is 14.0. The number of hydrogen-bond acceptors (Lipinski definition) is 4. The summed E-state index contributed by atoms with van der Waals surface area (Å²) in [5.41, 5.74) is 6.53. The van der Waals surface area contributed by atoms with E-state index in [1.54, 1.807) is 24.3 Å². The second-order valence-electron chi connectivity index (χ2n) is 5.98. The fourth-order valence-electron chi connectivity index (χ4n) is 2.83. The van der Waals surface area contributed by atoms with E-state index < -0.39 is 5.54 Å². The zero-order valence-electron chi connectivity index (χ0n) is 13.3. The SMILES string of the molecule is NC(C=O)(c1ccc(Cl)cc1)c1ccc(OC2CCCOC2)cc1. The van der Waals surface area contributed by atoms with Gasteiger partial charge in [-0.1, -0.05) is 35.9 Å². The highest BCUT2D eigenvalue weighted by Crippen LogP contribution is 2.28. The summed E-state index contributed by atoms with van der Waals surface area (Å²) < 4.78 is 11.3. The van der Waals surface area contributed by atoms with Gasteiger partial charge in [0, 0.05) is 11.6 Å². The normalized spacial score (nSPS) is 20.2. The number of aldehydes is 1. The fourth-order valence-corrected chi connectivity index (χ4v) is 2.96. The van der Waals surface area contributed by atoms with Gasteiger partial charge in [0.25, 0.3) is 0 Å². The smallest absolute Gasteiger partial charge is 0.148 e. The van der Waals surface area contributed by atoms with Crippen LogP contribution in [0, 0.1) is 0 Å². The summed E-state index contributed by atoms with van der Waals surface area (Å²) in [5, 5.41) is 0.602. The second kappa shape index (κ2) is 7.34. The lowest BCUT2D eigenvalue weighted by atomic mass is 9.85. The van der Waals surface area contributed by atoms with Crippen LogP contribution in [0.25, 0.3) is 0 Å². The Morgan fingerprint density at radius 3 is 2.29 bits per heavy atom. The Hall–Kier alpha value is -1.88. The molecule has 0 saturated carbocycles. The number of carbonyl (C=O) groups is 1. The molecule has 2 unspecified atom stereocenters. The van der Waals surface area contributed by atoms with Crippen LogP contribution in [0.3, 0.4) is 0 Å². The molecule has 1 saturated heterocycles. The van der Waals surface area contributed by atoms with Crippen LogP contribution in [-0.4, -0.2) is 25.6 Å². The molecule has 126 valence electrons. The third-order valence-corrected chi connectivity index (χ3v) is 4.51. The summed E-state index contributed by atoms with van der Waals surface area (Å²) in [6, 6.07) is 14.3. The van der Waals surface area contributed by atoms with Crippen LogP contribution in [0.15, 0.2) is 48.5 Å². The van der Waals surface area contributed by atoms with Gasteiger partial charge in [0.2, 0.25) is 0 Å². The lowest BCUT2D eigenvalue weighted by molar-refractivity contribution is -0.111. The molecule has 1 aliphatic heterocycles. The van der Waals surface area contributed by atoms with E-state index in [-0.39, 0.29) is 6.10 Å². The summed E-state index contributed by atoms with van der Waals surface area (Å²) >= 11 is 5.91. The van der Waals surface area contributed by atoms with Crippen molar-refractivity contribution in [2.75, 3.05) is 13.2 Å². The van der Waals surface area contributed by atoms with Crippen molar-refractivity contribution in [1.82, 2.24) is 0 Å². The lowest BCUT2D eigenvalue weighted by Crippen LogP contribution is -2.39. The van der Waals surface area contributed by atoms with Crippen LogP contribution in [0.1, 0.15) is 24.0 Å². The molecule has 24 heavy (non-hydrogen) atoms. The molecule has 1 heterocycles. The Labute approximate surface area is 146 Å². The van der Waals surface area contributed by atoms with Crippen molar-refractivity contribution in [3.8, 4) is 5.75 Å². The van der Waals surface area contributed by atoms with Gasteiger partial charge in [-0.25, -0.2) is 0 Å². The maximum absolute atomic E-state index is 11.7. The van der Waals surface area contributed by atoms with Crippen LogP contribution >= 0.6 is 11.6 Å². The van der Waals surface area contributed by atoms with E-state index in [1.165, 1.54) is 0 Å². The van der Waals surface area contributed by atoms with Crippen molar-refractivity contribution >= 4 is 17.9 Å². The standard InChI is InChI=1S/C19H20ClNO3/c20-16-7-3-14(4-8-16)19(21,13-22)15-5-9-17(10-6-15)24-18-2-1-11-23-12-18/h3-10,13,18H,1-2,11-12,21H2. The van der Waals surface area contributed by atoms with Crippen molar-refractivity contribution < 1.29 is 14.3 Å². The molecule has 2 aromatic rings. The molecule has 0 amide bonds. The Bertz CT molecular complexity index is 681. The molecular weight excluding hydrogens is 326 g/mol. The van der Waals surface area contributed by atoms with Gasteiger partial charge in [-0.3, -0.25) is 0 Å². The predicted octanol–water partition coefficient (Wildman–Crippen LogP) is 3.30. The average Bonchev–Trinajstić information content (AvgIpc) is 2.63. The summed E-state index contributed by atoms with van der Waals surface area (Å²) in [6.07, 6.45) is 2.83. The molecule has 4 nitrogen and oxygen atoms in total. The fraction of sp³-hybridized carbons (Fsp3) is 0.316. The van der Waals surface area contributed by atoms with E-state index in [9.17, 15) is 4.79 Å². The molecule has 0 spiro atoms. The highest BCUT2D eigenvalue weighted by Gasteiger charge is 2.29. The number of halogens is 1. The van der Waals surface area contributed by atoms with E-state index in [0.717, 1.165) is 31.5 Å². The monoisotopic (exact) mass is 345 g/mol. The third-order valence-electron chi connectivity index (χ3n) is 4.26. The van der Waals surface area contributed by atoms with Crippen LogP contribution < -0.4 is 10.5 Å². The van der Waals surface area contributed by atoms with Gasteiger partial charge in [-0.2, -0.15) is 0 Å². The number of benzene rings is 2. The largest absolute Gasteiger partial charge is 0.488 e. The minimum absolute atomic E-state index is 0.0783. The first-order valence-electron chi connectivity index (χ1n) is 7.98. The minimum Gasteiger partial charge on any atom is -0.488 e. The molecule has 3 rings (SSSR count). The zero-order chi connectivity index (χ0) is 17.0. The molecule has 1 aliphatic rings. The Morgan fingerprint density at radius 1 is 1.12 bits per heavy atom. The molecule has 0 aliphatic carbocycles. The van der Waals surface area contributed by atoms with E-state index in [4.69, 9.17) is 26.8 Å². The molecular formula is C19H20ClNO3. The van der Waals surface area contributed by atoms with E-state index in [1.807, 2.05) is 24.3 Å². The molecule has 2 atom stereocenters. The number of rotatable bonds is 5. The number of hydrogen-bond donors (Lipinski definition) is 1. The summed E-state index contributed by atoms with van der Waals surface area (Å²) in [7, 11) is 0. The molecule has 0 aromatic heterocycles. The van der Waals surface area contributed by atoms with E-state index >= 15 is 0 Å². The first kappa shape index (κ1) is 17.0. The van der Waals surface area contributed by atoms with E-state index in [2.05, 4.69) is 0 Å². The highest BCUT2D eigenvalue weighted by molar-refractivity contribution is 6.30. The molecule has 0 radical (unpaired) electrons. The van der Waals surface area contributed by atoms with Crippen molar-refractivity contribution in [2.45, 2.75) is 24.5 Å². The Balaban J connectivity index is 1.79. The Morgan fingerprint density at radius 2 is 1.75 bits per heavy atom. The number of ether oxygens (including phenoxy) is 2. The summed E-state index contributed by atoms with van der Waals surface area (Å²) in [5.74, 6) is 0.749. The summed E-state index contributed by atoms with van der Waals surface area (Å²) in [4.78, 5) is 11.7. The quantitative estimate of drug-likeness (QED) is 0.845. The molecule has 1 fully saturated rings. The second-order valence-corrected chi connectivity index (χ2v) is 6.41. The molecule has 5 heteroatoms. The topological polar surface area (TPSA) is 61.6 Å². The van der Waals surface area contributed by atoms with Crippen LogP contribution in [0.2, 0.25) is 5.02 Å². The van der Waals surface area contributed by atoms with Gasteiger partial charge in [-0.15, -0.1) is 0 Å². The number of nitrogens with two attached hydrogens (primary N) is 1. The predicted molar refractivity (Wildman–Crippen MR) is 93.4 cm³/mol. The van der Waals surface area contributed by atoms with Gasteiger partial charge in [0.05, 0.1) is 6.61 Å². The van der Waals surface area contributed by atoms with Gasteiger partial charge >= 0.3 is 0 Å². The maximum atomic E-state index is 11.7. The van der Waals surface area contributed by atoms with E-state index in [0.29, 0.717) is 22.8 Å². The van der Waals surface area contributed by atoms with Crippen LogP contribution in [0.4, 0.5) is 0 Å². The first-order chi connectivity index (χ1) is 11.6. The van der Waals surface area contributed by atoms with Crippen LogP contribution in [-0.2, 0) is 15.1 Å². The van der Waals surface area contributed by atoms with Gasteiger partial charge in [-0.05, 0) is 48.2 Å². The van der Waals surface area contributed by atoms with Crippen molar-refractivity contribution in [3.05, 3.63) is 64.7 Å². The van der Waals surface area contributed by atoms with Crippen molar-refractivity contribution in [3.63, 3.8) is 0 Å². The molecule has 2 aromatic carbocycles. The van der Waals surface area contributed by atoms with Crippen LogP contribution in [0.5, 0.6) is 5.75 Å². The molecule has 0 bridgehead atoms. The number of carbonyl (C=O) groups excluding carboxylic acids is 1. The van der Waals surface area contributed by atoms with Gasteiger partial charge < -0.3 is 20.0 Å². The Kier molecular flexibility index (Phi) is 5.19. The van der Waals surface area contributed by atoms with Crippen molar-refractivity contribution in [2.24, 2.45) is 5.73 Å². The third kappa shape index (κ3) is 3.61. The molecule has 2 N–H and O–H groups in total.